The Labute approximate surface area is 185 Å². The van der Waals surface area contributed by atoms with Gasteiger partial charge in [-0.05, 0) is 61.0 Å². The number of hydrogen-bond acceptors (Lipinski definition) is 3. The third kappa shape index (κ3) is 4.62. The fraction of sp³-hybridized carbons (Fsp3) is 0.130. The van der Waals surface area contributed by atoms with Gasteiger partial charge in [-0.3, -0.25) is 9.36 Å². The van der Waals surface area contributed by atoms with Crippen molar-refractivity contribution in [2.24, 2.45) is 0 Å². The Balaban J connectivity index is 1.82. The van der Waals surface area contributed by atoms with Gasteiger partial charge in [0.2, 0.25) is 0 Å². The van der Waals surface area contributed by atoms with Crippen LogP contribution < -0.4 is 5.56 Å². The molecule has 31 heavy (non-hydrogen) atoms. The Kier molecular flexibility index (Phi) is 5.81. The van der Waals surface area contributed by atoms with Crippen LogP contribution >= 0.6 is 23.4 Å². The van der Waals surface area contributed by atoms with Crippen LogP contribution in [0.15, 0.2) is 76.7 Å². The van der Waals surface area contributed by atoms with E-state index in [4.69, 9.17) is 11.6 Å². The maximum absolute atomic E-state index is 13.3. The molecule has 0 saturated heterocycles. The molecule has 1 heterocycles. The first-order valence-electron chi connectivity index (χ1n) is 9.31. The summed E-state index contributed by atoms with van der Waals surface area (Å²) in [5.74, 6) is 0.515. The summed E-state index contributed by atoms with van der Waals surface area (Å²) in [4.78, 5) is 17.9. The number of rotatable bonds is 4. The molecule has 1 aromatic heterocycles. The smallest absolute Gasteiger partial charge is 0.268 e. The Hall–Kier alpha value is -2.77. The molecule has 0 amide bonds. The molecule has 3 aromatic carbocycles. The molecule has 0 aliphatic carbocycles. The molecule has 0 bridgehead atoms. The van der Waals surface area contributed by atoms with E-state index in [9.17, 15) is 18.0 Å². The van der Waals surface area contributed by atoms with Gasteiger partial charge in [0.1, 0.15) is 0 Å². The highest BCUT2D eigenvalue weighted by Gasteiger charge is 2.30. The summed E-state index contributed by atoms with van der Waals surface area (Å²) >= 11 is 7.26. The summed E-state index contributed by atoms with van der Waals surface area (Å²) in [5, 5.41) is 1.43. The van der Waals surface area contributed by atoms with E-state index in [1.165, 1.54) is 28.5 Å². The van der Waals surface area contributed by atoms with E-state index in [0.717, 1.165) is 23.3 Å². The molecule has 0 radical (unpaired) electrons. The maximum Gasteiger partial charge on any atom is 0.416 e. The average molecular weight is 461 g/mol. The summed E-state index contributed by atoms with van der Waals surface area (Å²) in [7, 11) is 0. The number of fused-ring (bicyclic) bond motifs is 1. The molecule has 8 heteroatoms. The third-order valence-corrected chi connectivity index (χ3v) is 5.99. The number of thioether (sulfide) groups is 1. The second kappa shape index (κ2) is 8.40. The minimum absolute atomic E-state index is 0.326. The van der Waals surface area contributed by atoms with Crippen LogP contribution in [0.2, 0.25) is 5.02 Å². The van der Waals surface area contributed by atoms with Crippen LogP contribution in [-0.4, -0.2) is 9.55 Å². The van der Waals surface area contributed by atoms with E-state index in [0.29, 0.717) is 32.5 Å². The van der Waals surface area contributed by atoms with Crippen molar-refractivity contribution < 1.29 is 13.2 Å². The summed E-state index contributed by atoms with van der Waals surface area (Å²) in [6, 6.07) is 17.2. The van der Waals surface area contributed by atoms with Crippen LogP contribution in [0, 0.1) is 6.92 Å². The number of aryl methyl sites for hydroxylation is 1. The first-order chi connectivity index (χ1) is 14.7. The van der Waals surface area contributed by atoms with Gasteiger partial charge in [-0.15, -0.1) is 0 Å². The van der Waals surface area contributed by atoms with Crippen molar-refractivity contribution in [2.45, 2.75) is 24.0 Å². The molecule has 158 valence electrons. The quantitative estimate of drug-likeness (QED) is 0.252. The van der Waals surface area contributed by atoms with Gasteiger partial charge in [-0.2, -0.15) is 13.2 Å². The fourth-order valence-corrected chi connectivity index (χ4v) is 4.23. The lowest BCUT2D eigenvalue weighted by Crippen LogP contribution is -2.22. The van der Waals surface area contributed by atoms with Gasteiger partial charge >= 0.3 is 6.18 Å². The van der Waals surface area contributed by atoms with E-state index < -0.39 is 11.7 Å². The molecule has 0 unspecified atom stereocenters. The van der Waals surface area contributed by atoms with Crippen molar-refractivity contribution in [3.05, 3.63) is 98.8 Å². The van der Waals surface area contributed by atoms with Crippen LogP contribution in [0.1, 0.15) is 16.7 Å². The second-order valence-corrected chi connectivity index (χ2v) is 8.39. The molecule has 0 aliphatic heterocycles. The Morgan fingerprint density at radius 1 is 1.00 bits per heavy atom. The van der Waals surface area contributed by atoms with E-state index in [-0.39, 0.29) is 5.56 Å². The van der Waals surface area contributed by atoms with E-state index in [2.05, 4.69) is 4.98 Å². The zero-order valence-electron chi connectivity index (χ0n) is 16.3. The standard InChI is InChI=1S/C23H16ClF3N2OS/c1-14-2-11-20-19(12-14)21(30)29(18-9-5-16(6-10-18)23(25,26)27)22(28-20)31-13-15-3-7-17(24)8-4-15/h2-12H,13H2,1H3. The Morgan fingerprint density at radius 2 is 1.68 bits per heavy atom. The number of hydrogen-bond donors (Lipinski definition) is 0. The molecule has 4 aromatic rings. The van der Waals surface area contributed by atoms with Gasteiger partial charge in [-0.1, -0.05) is 47.1 Å². The maximum atomic E-state index is 13.3. The van der Waals surface area contributed by atoms with Crippen molar-refractivity contribution in [1.29, 1.82) is 0 Å². The third-order valence-electron chi connectivity index (χ3n) is 4.73. The van der Waals surface area contributed by atoms with Crippen LogP contribution in [0.5, 0.6) is 0 Å². The fourth-order valence-electron chi connectivity index (χ4n) is 3.13. The van der Waals surface area contributed by atoms with Crippen molar-refractivity contribution in [3.8, 4) is 5.69 Å². The molecule has 0 spiro atoms. The highest BCUT2D eigenvalue weighted by Crippen LogP contribution is 2.31. The molecular formula is C23H16ClF3N2OS. The number of halogens is 4. The van der Waals surface area contributed by atoms with Crippen molar-refractivity contribution in [3.63, 3.8) is 0 Å². The van der Waals surface area contributed by atoms with Crippen LogP contribution in [0.4, 0.5) is 13.2 Å². The predicted molar refractivity (Wildman–Crippen MR) is 118 cm³/mol. The van der Waals surface area contributed by atoms with Crippen LogP contribution in [0.3, 0.4) is 0 Å². The molecule has 0 aliphatic rings. The summed E-state index contributed by atoms with van der Waals surface area (Å²) < 4.78 is 40.3. The summed E-state index contributed by atoms with van der Waals surface area (Å²) in [6.07, 6.45) is -4.45. The van der Waals surface area contributed by atoms with Gasteiger partial charge in [-0.25, -0.2) is 4.98 Å². The van der Waals surface area contributed by atoms with E-state index in [1.54, 1.807) is 24.3 Å². The topological polar surface area (TPSA) is 34.9 Å². The molecule has 3 nitrogen and oxygen atoms in total. The normalized spacial score (nSPS) is 11.8. The number of aromatic nitrogens is 2. The van der Waals surface area contributed by atoms with Gasteiger partial charge < -0.3 is 0 Å². The SMILES string of the molecule is Cc1ccc2nc(SCc3ccc(Cl)cc3)n(-c3ccc(C(F)(F)F)cc3)c(=O)c2c1. The lowest BCUT2D eigenvalue weighted by molar-refractivity contribution is -0.137. The monoisotopic (exact) mass is 460 g/mol. The average Bonchev–Trinajstić information content (AvgIpc) is 2.73. The molecule has 0 N–H and O–H groups in total. The minimum Gasteiger partial charge on any atom is -0.268 e. The molecule has 0 saturated carbocycles. The van der Waals surface area contributed by atoms with Crippen LogP contribution in [-0.2, 0) is 11.9 Å². The van der Waals surface area contributed by atoms with Crippen molar-refractivity contribution in [1.82, 2.24) is 9.55 Å². The van der Waals surface area contributed by atoms with Crippen LogP contribution in [0.25, 0.3) is 16.6 Å². The minimum atomic E-state index is -4.45. The Morgan fingerprint density at radius 3 is 2.32 bits per heavy atom. The van der Waals surface area contributed by atoms with Gasteiger partial charge in [0.25, 0.3) is 5.56 Å². The predicted octanol–water partition coefficient (Wildman–Crippen LogP) is 6.66. The molecular weight excluding hydrogens is 445 g/mol. The van der Waals surface area contributed by atoms with E-state index >= 15 is 0 Å². The van der Waals surface area contributed by atoms with Gasteiger partial charge in [0.05, 0.1) is 22.2 Å². The Bertz CT molecular complexity index is 1300. The first kappa shape index (κ1) is 21.5. The number of nitrogens with zero attached hydrogens (tertiary/aromatic N) is 2. The van der Waals surface area contributed by atoms with E-state index in [1.807, 2.05) is 25.1 Å². The molecule has 4 rings (SSSR count). The first-order valence-corrected chi connectivity index (χ1v) is 10.7. The van der Waals surface area contributed by atoms with Gasteiger partial charge in [0, 0.05) is 10.8 Å². The highest BCUT2D eigenvalue weighted by molar-refractivity contribution is 7.98. The summed E-state index contributed by atoms with van der Waals surface area (Å²) in [5.41, 5.74) is 1.64. The van der Waals surface area contributed by atoms with Crippen molar-refractivity contribution in [2.75, 3.05) is 0 Å². The van der Waals surface area contributed by atoms with Crippen molar-refractivity contribution >= 4 is 34.3 Å². The number of benzene rings is 3. The molecule has 0 atom stereocenters. The second-order valence-electron chi connectivity index (χ2n) is 7.02. The zero-order valence-corrected chi connectivity index (χ0v) is 17.9. The number of alkyl halides is 3. The summed E-state index contributed by atoms with van der Waals surface area (Å²) in [6.45, 7) is 1.87. The zero-order chi connectivity index (χ0) is 22.2. The molecule has 0 fully saturated rings. The largest absolute Gasteiger partial charge is 0.416 e. The lowest BCUT2D eigenvalue weighted by atomic mass is 10.1. The highest BCUT2D eigenvalue weighted by atomic mass is 35.5. The lowest BCUT2D eigenvalue weighted by Gasteiger charge is -2.14. The van der Waals surface area contributed by atoms with Gasteiger partial charge in [0.15, 0.2) is 5.16 Å².